The van der Waals surface area contributed by atoms with Gasteiger partial charge in [0.25, 0.3) is 0 Å². The van der Waals surface area contributed by atoms with Gasteiger partial charge in [-0.05, 0) is 54.4 Å². The zero-order valence-corrected chi connectivity index (χ0v) is 19.1. The molecule has 2 N–H and O–H groups in total. The Bertz CT molecular complexity index is 1380. The van der Waals surface area contributed by atoms with E-state index in [2.05, 4.69) is 63.9 Å². The van der Waals surface area contributed by atoms with E-state index in [1.807, 2.05) is 47.0 Å². The predicted molar refractivity (Wildman–Crippen MR) is 135 cm³/mol. The Labute approximate surface area is 198 Å². The van der Waals surface area contributed by atoms with Gasteiger partial charge in [-0.15, -0.1) is 0 Å². The zero-order valence-electron chi connectivity index (χ0n) is 19.1. The molecule has 0 spiro atoms. The highest BCUT2D eigenvalue weighted by Crippen LogP contribution is 2.23. The van der Waals surface area contributed by atoms with Crippen LogP contribution < -0.4 is 15.4 Å². The van der Waals surface area contributed by atoms with Crippen LogP contribution in [0.2, 0.25) is 0 Å². The Morgan fingerprint density at radius 2 is 1.76 bits per heavy atom. The van der Waals surface area contributed by atoms with Crippen molar-refractivity contribution in [1.29, 1.82) is 0 Å². The number of benzene rings is 3. The van der Waals surface area contributed by atoms with Gasteiger partial charge in [0.1, 0.15) is 17.9 Å². The first kappa shape index (κ1) is 21.5. The Morgan fingerprint density at radius 1 is 0.941 bits per heavy atom. The van der Waals surface area contributed by atoms with Crippen molar-refractivity contribution in [3.8, 4) is 11.6 Å². The number of rotatable bonds is 8. The van der Waals surface area contributed by atoms with Crippen molar-refractivity contribution in [2.24, 2.45) is 0 Å². The van der Waals surface area contributed by atoms with Crippen molar-refractivity contribution in [2.45, 2.75) is 19.5 Å². The minimum Gasteiger partial charge on any atom is -0.497 e. The van der Waals surface area contributed by atoms with Gasteiger partial charge in [-0.2, -0.15) is 4.98 Å². The van der Waals surface area contributed by atoms with E-state index in [9.17, 15) is 0 Å². The van der Waals surface area contributed by atoms with Gasteiger partial charge in [-0.3, -0.25) is 4.57 Å². The molecule has 5 aromatic rings. The van der Waals surface area contributed by atoms with Gasteiger partial charge in [0, 0.05) is 18.4 Å². The number of nitrogens with one attached hydrogen (secondary N) is 2. The van der Waals surface area contributed by atoms with Gasteiger partial charge >= 0.3 is 0 Å². The van der Waals surface area contributed by atoms with Crippen LogP contribution in [0.5, 0.6) is 5.75 Å². The molecule has 7 nitrogen and oxygen atoms in total. The molecule has 0 aliphatic carbocycles. The van der Waals surface area contributed by atoms with Gasteiger partial charge in [0.05, 0.1) is 24.2 Å². The summed E-state index contributed by atoms with van der Waals surface area (Å²) in [7, 11) is 1.67. The number of anilines is 2. The Kier molecular flexibility index (Phi) is 6.07. The second kappa shape index (κ2) is 9.62. The van der Waals surface area contributed by atoms with Crippen LogP contribution in [0, 0.1) is 0 Å². The van der Waals surface area contributed by atoms with Crippen LogP contribution in [0.3, 0.4) is 0 Å². The highest BCUT2D eigenvalue weighted by atomic mass is 16.5. The number of hydrogen-bond acceptors (Lipinski definition) is 6. The van der Waals surface area contributed by atoms with E-state index in [0.29, 0.717) is 5.95 Å². The minimum absolute atomic E-state index is 0.0929. The lowest BCUT2D eigenvalue weighted by atomic mass is 10.1. The van der Waals surface area contributed by atoms with Crippen LogP contribution in [0.15, 0.2) is 91.4 Å². The van der Waals surface area contributed by atoms with Crippen LogP contribution in [-0.4, -0.2) is 26.6 Å². The fraction of sp³-hybridized carbons (Fsp3) is 0.148. The molecule has 3 aromatic carbocycles. The Morgan fingerprint density at radius 3 is 2.56 bits per heavy atom. The van der Waals surface area contributed by atoms with Crippen LogP contribution in [0.4, 0.5) is 11.6 Å². The van der Waals surface area contributed by atoms with E-state index in [4.69, 9.17) is 9.72 Å². The lowest BCUT2D eigenvalue weighted by molar-refractivity contribution is 0.414. The number of hydrogen-bond donors (Lipinski definition) is 2. The summed E-state index contributed by atoms with van der Waals surface area (Å²) in [6, 6.07) is 26.4. The maximum absolute atomic E-state index is 5.22. The molecule has 34 heavy (non-hydrogen) atoms. The van der Waals surface area contributed by atoms with Crippen molar-refractivity contribution in [3.63, 3.8) is 0 Å². The standard InChI is InChI=1S/C27H26N6O/c1-19(21-6-4-3-5-7-21)31-27-28-15-14-26(32-27)33-18-30-24-16-22(10-13-25(24)33)29-17-20-8-11-23(34-2)12-9-20/h3-16,18-19,29H,17H2,1-2H3,(H,28,31,32). The Balaban J connectivity index is 1.32. The molecule has 2 heterocycles. The molecular formula is C27H26N6O. The summed E-state index contributed by atoms with van der Waals surface area (Å²) in [5.74, 6) is 2.20. The normalized spacial score (nSPS) is 11.8. The summed E-state index contributed by atoms with van der Waals surface area (Å²) in [6.07, 6.45) is 3.56. The van der Waals surface area contributed by atoms with Gasteiger partial charge in [0.2, 0.25) is 5.95 Å². The van der Waals surface area contributed by atoms with Crippen molar-refractivity contribution in [1.82, 2.24) is 19.5 Å². The van der Waals surface area contributed by atoms with Crippen molar-refractivity contribution in [2.75, 3.05) is 17.7 Å². The van der Waals surface area contributed by atoms with Gasteiger partial charge in [-0.1, -0.05) is 42.5 Å². The first-order valence-corrected chi connectivity index (χ1v) is 11.2. The summed E-state index contributed by atoms with van der Waals surface area (Å²) >= 11 is 0. The van der Waals surface area contributed by atoms with Crippen molar-refractivity contribution in [3.05, 3.63) is 103 Å². The minimum atomic E-state index is 0.0929. The van der Waals surface area contributed by atoms with E-state index in [1.54, 1.807) is 19.6 Å². The molecule has 0 bridgehead atoms. The second-order valence-corrected chi connectivity index (χ2v) is 8.03. The highest BCUT2D eigenvalue weighted by Gasteiger charge is 2.10. The summed E-state index contributed by atoms with van der Waals surface area (Å²) in [6.45, 7) is 2.81. The summed E-state index contributed by atoms with van der Waals surface area (Å²) in [5, 5.41) is 6.84. The monoisotopic (exact) mass is 450 g/mol. The molecule has 0 fully saturated rings. The third-order valence-corrected chi connectivity index (χ3v) is 5.74. The molecule has 1 unspecified atom stereocenters. The Hall–Kier alpha value is -4.39. The van der Waals surface area contributed by atoms with E-state index in [1.165, 1.54) is 11.1 Å². The summed E-state index contributed by atoms with van der Waals surface area (Å²) in [4.78, 5) is 13.7. The number of nitrogens with zero attached hydrogens (tertiary/aromatic N) is 4. The smallest absolute Gasteiger partial charge is 0.225 e. The predicted octanol–water partition coefficient (Wildman–Crippen LogP) is 5.61. The summed E-state index contributed by atoms with van der Waals surface area (Å²) in [5.41, 5.74) is 5.24. The third-order valence-electron chi connectivity index (χ3n) is 5.74. The average molecular weight is 451 g/mol. The fourth-order valence-corrected chi connectivity index (χ4v) is 3.82. The number of aromatic nitrogens is 4. The van der Waals surface area contributed by atoms with E-state index in [0.717, 1.165) is 34.8 Å². The molecule has 0 aliphatic rings. The van der Waals surface area contributed by atoms with Crippen molar-refractivity contribution < 1.29 is 4.74 Å². The number of methoxy groups -OCH3 is 1. The molecule has 170 valence electrons. The SMILES string of the molecule is COc1ccc(CNc2ccc3c(c2)ncn3-c2ccnc(NC(C)c3ccccc3)n2)cc1. The van der Waals surface area contributed by atoms with E-state index >= 15 is 0 Å². The lowest BCUT2D eigenvalue weighted by Crippen LogP contribution is -2.10. The van der Waals surface area contributed by atoms with Crippen LogP contribution in [0.25, 0.3) is 16.9 Å². The largest absolute Gasteiger partial charge is 0.497 e. The number of ether oxygens (including phenoxy) is 1. The molecule has 0 amide bonds. The number of fused-ring (bicyclic) bond motifs is 1. The van der Waals surface area contributed by atoms with Gasteiger partial charge < -0.3 is 15.4 Å². The van der Waals surface area contributed by atoms with Crippen LogP contribution in [0.1, 0.15) is 24.1 Å². The maximum atomic E-state index is 5.22. The van der Waals surface area contributed by atoms with Gasteiger partial charge in [-0.25, -0.2) is 9.97 Å². The van der Waals surface area contributed by atoms with E-state index < -0.39 is 0 Å². The molecule has 7 heteroatoms. The lowest BCUT2D eigenvalue weighted by Gasteiger charge is -2.14. The molecule has 1 atom stereocenters. The first-order valence-electron chi connectivity index (χ1n) is 11.2. The first-order chi connectivity index (χ1) is 16.7. The highest BCUT2D eigenvalue weighted by molar-refractivity contribution is 5.81. The average Bonchev–Trinajstić information content (AvgIpc) is 3.32. The van der Waals surface area contributed by atoms with E-state index in [-0.39, 0.29) is 6.04 Å². The molecule has 0 radical (unpaired) electrons. The second-order valence-electron chi connectivity index (χ2n) is 8.03. The topological polar surface area (TPSA) is 76.9 Å². The van der Waals surface area contributed by atoms with Crippen LogP contribution in [-0.2, 0) is 6.54 Å². The molecule has 0 aliphatic heterocycles. The molecule has 0 saturated carbocycles. The molecule has 5 rings (SSSR count). The zero-order chi connectivity index (χ0) is 23.3. The molecular weight excluding hydrogens is 424 g/mol. The number of imidazole rings is 1. The third kappa shape index (κ3) is 4.68. The maximum Gasteiger partial charge on any atom is 0.225 e. The quantitative estimate of drug-likeness (QED) is 0.320. The fourth-order valence-electron chi connectivity index (χ4n) is 3.82. The molecule has 2 aromatic heterocycles. The van der Waals surface area contributed by atoms with Crippen molar-refractivity contribution >= 4 is 22.7 Å². The van der Waals surface area contributed by atoms with Gasteiger partial charge in [0.15, 0.2) is 0 Å². The molecule has 0 saturated heterocycles. The van der Waals surface area contributed by atoms with Crippen LogP contribution >= 0.6 is 0 Å². The summed E-state index contributed by atoms with van der Waals surface area (Å²) < 4.78 is 7.20.